The molecule has 0 aromatic heterocycles. The van der Waals surface area contributed by atoms with E-state index in [1.54, 1.807) is 0 Å². The van der Waals surface area contributed by atoms with E-state index < -0.39 is 6.29 Å². The number of hydrogen-bond donors (Lipinski definition) is 2. The third kappa shape index (κ3) is 7.60. The Morgan fingerprint density at radius 1 is 0.500 bits per heavy atom. The zero-order valence-corrected chi connectivity index (χ0v) is 20.4. The van der Waals surface area contributed by atoms with Crippen molar-refractivity contribution in [3.05, 3.63) is 97.1 Å². The summed E-state index contributed by atoms with van der Waals surface area (Å²) >= 11 is 0. The van der Waals surface area contributed by atoms with E-state index in [1.807, 2.05) is 97.1 Å². The van der Waals surface area contributed by atoms with Gasteiger partial charge in [0.1, 0.15) is 34.5 Å². The van der Waals surface area contributed by atoms with E-state index in [0.717, 1.165) is 37.2 Å². The molecule has 4 aromatic rings. The second-order valence-electron chi connectivity index (χ2n) is 8.45. The van der Waals surface area contributed by atoms with Gasteiger partial charge in [0.05, 0.1) is 0 Å². The Morgan fingerprint density at radius 2 is 0.833 bits per heavy atom. The average molecular weight is 485 g/mol. The Hall–Kier alpha value is -4.32. The molecule has 4 N–H and O–H groups in total. The van der Waals surface area contributed by atoms with Crippen molar-refractivity contribution < 1.29 is 18.9 Å². The van der Waals surface area contributed by atoms with Gasteiger partial charge in [-0.1, -0.05) is 19.8 Å². The first kappa shape index (κ1) is 24.8. The molecule has 0 bridgehead atoms. The number of hydrogen-bond acceptors (Lipinski definition) is 6. The van der Waals surface area contributed by atoms with Gasteiger partial charge in [-0.2, -0.15) is 0 Å². The molecule has 0 radical (unpaired) electrons. The summed E-state index contributed by atoms with van der Waals surface area (Å²) in [5, 5.41) is 0. The van der Waals surface area contributed by atoms with Crippen molar-refractivity contribution in [2.45, 2.75) is 38.9 Å². The topological polar surface area (TPSA) is 89.0 Å². The van der Waals surface area contributed by atoms with Crippen molar-refractivity contribution in [1.82, 2.24) is 0 Å². The molecule has 6 nitrogen and oxygen atoms in total. The number of rotatable bonds is 12. The molecule has 0 heterocycles. The quantitative estimate of drug-likeness (QED) is 0.121. The lowest BCUT2D eigenvalue weighted by atomic mass is 10.2. The molecule has 0 fully saturated rings. The maximum atomic E-state index is 6.19. The first-order valence-corrected chi connectivity index (χ1v) is 12.2. The zero-order chi connectivity index (χ0) is 25.2. The summed E-state index contributed by atoms with van der Waals surface area (Å²) in [5.74, 6) is 4.30. The fourth-order valence-electron chi connectivity index (χ4n) is 3.52. The van der Waals surface area contributed by atoms with E-state index in [4.69, 9.17) is 30.4 Å². The Balaban J connectivity index is 1.36. The lowest BCUT2D eigenvalue weighted by molar-refractivity contribution is -0.00243. The number of ether oxygens (including phenoxy) is 4. The number of unbranched alkanes of at least 4 members (excludes halogenated alkanes) is 2. The first-order valence-electron chi connectivity index (χ1n) is 12.2. The lowest BCUT2D eigenvalue weighted by Gasteiger charge is -2.21. The van der Waals surface area contributed by atoms with Crippen LogP contribution in [0.25, 0.3) is 0 Å². The molecule has 36 heavy (non-hydrogen) atoms. The molecule has 6 heteroatoms. The maximum Gasteiger partial charge on any atom is 0.241 e. The second-order valence-corrected chi connectivity index (χ2v) is 8.45. The number of anilines is 2. The van der Waals surface area contributed by atoms with Crippen LogP contribution in [0, 0.1) is 0 Å². The highest BCUT2D eigenvalue weighted by molar-refractivity contribution is 5.44. The summed E-state index contributed by atoms with van der Waals surface area (Å²) in [7, 11) is 0. The van der Waals surface area contributed by atoms with Crippen molar-refractivity contribution in [1.29, 1.82) is 0 Å². The minimum absolute atomic E-state index is 0.413. The minimum atomic E-state index is -0.413. The summed E-state index contributed by atoms with van der Waals surface area (Å²) < 4.78 is 24.1. The highest BCUT2D eigenvalue weighted by Crippen LogP contribution is 2.28. The van der Waals surface area contributed by atoms with E-state index in [2.05, 4.69) is 6.92 Å². The van der Waals surface area contributed by atoms with Crippen molar-refractivity contribution in [2.75, 3.05) is 11.5 Å². The van der Waals surface area contributed by atoms with Crippen LogP contribution in [0.5, 0.6) is 34.5 Å². The molecular weight excluding hydrogens is 452 g/mol. The third-order valence-electron chi connectivity index (χ3n) is 5.46. The standard InChI is InChI=1S/C30H32N2O4/c1-2-3-4-5-30(35-28-18-14-26(15-19-28)33-24-10-6-22(31)7-11-24)36-29-20-16-27(17-21-29)34-25-12-8-23(32)9-13-25/h6-21,30H,2-5,31-32H2,1H3. The van der Waals surface area contributed by atoms with Gasteiger partial charge in [-0.3, -0.25) is 0 Å². The molecule has 4 rings (SSSR count). The van der Waals surface area contributed by atoms with Gasteiger partial charge in [0.15, 0.2) is 0 Å². The van der Waals surface area contributed by atoms with Gasteiger partial charge < -0.3 is 30.4 Å². The first-order chi connectivity index (χ1) is 17.6. The average Bonchev–Trinajstić information content (AvgIpc) is 2.89. The Bertz CT molecular complexity index is 1100. The van der Waals surface area contributed by atoms with Crippen LogP contribution < -0.4 is 30.4 Å². The van der Waals surface area contributed by atoms with Gasteiger partial charge in [0.2, 0.25) is 6.29 Å². The fraction of sp³-hybridized carbons (Fsp3) is 0.200. The Morgan fingerprint density at radius 3 is 1.19 bits per heavy atom. The highest BCUT2D eigenvalue weighted by Gasteiger charge is 2.13. The minimum Gasteiger partial charge on any atom is -0.457 e. The zero-order valence-electron chi connectivity index (χ0n) is 20.4. The molecule has 0 atom stereocenters. The maximum absolute atomic E-state index is 6.19. The lowest BCUT2D eigenvalue weighted by Crippen LogP contribution is -2.24. The molecule has 0 aliphatic carbocycles. The summed E-state index contributed by atoms with van der Waals surface area (Å²) in [6.07, 6.45) is 3.62. The van der Waals surface area contributed by atoms with Crippen LogP contribution in [0.4, 0.5) is 11.4 Å². The van der Waals surface area contributed by atoms with Crippen LogP contribution >= 0.6 is 0 Å². The predicted molar refractivity (Wildman–Crippen MR) is 144 cm³/mol. The van der Waals surface area contributed by atoms with Crippen LogP contribution in [-0.2, 0) is 0 Å². The number of nitrogens with two attached hydrogens (primary N) is 2. The number of nitrogen functional groups attached to an aromatic ring is 2. The number of benzene rings is 4. The Kier molecular flexibility index (Phi) is 8.54. The highest BCUT2D eigenvalue weighted by atomic mass is 16.7. The van der Waals surface area contributed by atoms with Crippen LogP contribution in [0.2, 0.25) is 0 Å². The van der Waals surface area contributed by atoms with Crippen LogP contribution in [-0.4, -0.2) is 6.29 Å². The molecule has 4 aromatic carbocycles. The van der Waals surface area contributed by atoms with Gasteiger partial charge in [-0.05, 0) is 103 Å². The molecule has 0 saturated carbocycles. The normalized spacial score (nSPS) is 10.7. The van der Waals surface area contributed by atoms with E-state index >= 15 is 0 Å². The van der Waals surface area contributed by atoms with Gasteiger partial charge in [0, 0.05) is 17.8 Å². The second kappa shape index (κ2) is 12.4. The van der Waals surface area contributed by atoms with E-state index in [0.29, 0.717) is 34.4 Å². The smallest absolute Gasteiger partial charge is 0.241 e. The molecule has 0 aliphatic heterocycles. The molecular formula is C30H32N2O4. The summed E-state index contributed by atoms with van der Waals surface area (Å²) in [5.41, 5.74) is 12.9. The Labute approximate surface area is 212 Å². The third-order valence-corrected chi connectivity index (χ3v) is 5.46. The summed E-state index contributed by atoms with van der Waals surface area (Å²) in [6.45, 7) is 2.18. The summed E-state index contributed by atoms with van der Waals surface area (Å²) in [6, 6.07) is 29.6. The predicted octanol–water partition coefficient (Wildman–Crippen LogP) is 7.80. The van der Waals surface area contributed by atoms with Crippen LogP contribution in [0.15, 0.2) is 97.1 Å². The molecule has 0 amide bonds. The van der Waals surface area contributed by atoms with Crippen molar-refractivity contribution in [3.63, 3.8) is 0 Å². The van der Waals surface area contributed by atoms with E-state index in [-0.39, 0.29) is 0 Å². The fourth-order valence-corrected chi connectivity index (χ4v) is 3.52. The molecule has 0 spiro atoms. The van der Waals surface area contributed by atoms with Crippen LogP contribution in [0.3, 0.4) is 0 Å². The van der Waals surface area contributed by atoms with Crippen LogP contribution in [0.1, 0.15) is 32.6 Å². The summed E-state index contributed by atoms with van der Waals surface area (Å²) in [4.78, 5) is 0. The SMILES string of the molecule is CCCCCC(Oc1ccc(Oc2ccc(N)cc2)cc1)Oc1ccc(Oc2ccc(N)cc2)cc1. The van der Waals surface area contributed by atoms with Crippen molar-refractivity contribution >= 4 is 11.4 Å². The molecule has 0 saturated heterocycles. The largest absolute Gasteiger partial charge is 0.457 e. The monoisotopic (exact) mass is 484 g/mol. The van der Waals surface area contributed by atoms with Gasteiger partial charge in [0.25, 0.3) is 0 Å². The van der Waals surface area contributed by atoms with Gasteiger partial charge >= 0.3 is 0 Å². The van der Waals surface area contributed by atoms with Gasteiger partial charge in [-0.25, -0.2) is 0 Å². The van der Waals surface area contributed by atoms with Gasteiger partial charge in [-0.15, -0.1) is 0 Å². The van der Waals surface area contributed by atoms with E-state index in [9.17, 15) is 0 Å². The molecule has 0 unspecified atom stereocenters. The van der Waals surface area contributed by atoms with Crippen molar-refractivity contribution in [2.24, 2.45) is 0 Å². The van der Waals surface area contributed by atoms with E-state index in [1.165, 1.54) is 0 Å². The molecule has 0 aliphatic rings. The molecule has 186 valence electrons. The van der Waals surface area contributed by atoms with Crippen molar-refractivity contribution in [3.8, 4) is 34.5 Å².